The van der Waals surface area contributed by atoms with E-state index in [9.17, 15) is 5.11 Å². The lowest BCUT2D eigenvalue weighted by Crippen LogP contribution is -2.01. The van der Waals surface area contributed by atoms with Gasteiger partial charge in [-0.15, -0.1) is 0 Å². The van der Waals surface area contributed by atoms with E-state index in [4.69, 9.17) is 0 Å². The van der Waals surface area contributed by atoms with E-state index in [1.807, 2.05) is 13.0 Å². The molecule has 1 N–H and O–H groups in total. The highest BCUT2D eigenvalue weighted by molar-refractivity contribution is 5.27. The summed E-state index contributed by atoms with van der Waals surface area (Å²) in [5, 5.41) is 9.37. The van der Waals surface area contributed by atoms with Gasteiger partial charge in [0.05, 0.1) is 5.69 Å². The number of rotatable bonds is 4. The molecule has 0 saturated heterocycles. The van der Waals surface area contributed by atoms with Gasteiger partial charge in [0.1, 0.15) is 5.75 Å². The van der Waals surface area contributed by atoms with Gasteiger partial charge in [0.2, 0.25) is 0 Å². The van der Waals surface area contributed by atoms with Crippen molar-refractivity contribution in [2.75, 3.05) is 0 Å². The second-order valence-electron chi connectivity index (χ2n) is 3.73. The smallest absolute Gasteiger partial charge is 0.136 e. The summed E-state index contributed by atoms with van der Waals surface area (Å²) in [6.07, 6.45) is 3.47. The zero-order valence-electron chi connectivity index (χ0n) is 9.25. The Hall–Kier alpha value is -1.05. The Kier molecular flexibility index (Phi) is 3.93. The van der Waals surface area contributed by atoms with Crippen molar-refractivity contribution in [2.45, 2.75) is 46.0 Å². The summed E-state index contributed by atoms with van der Waals surface area (Å²) in [5.74, 6) is 0.833. The second kappa shape index (κ2) is 4.99. The molecule has 1 heterocycles. The first-order valence-corrected chi connectivity index (χ1v) is 5.35. The van der Waals surface area contributed by atoms with Crippen molar-refractivity contribution in [3.05, 3.63) is 23.5 Å². The molecule has 0 spiro atoms. The maximum atomic E-state index is 9.37. The van der Waals surface area contributed by atoms with E-state index < -0.39 is 0 Å². The van der Waals surface area contributed by atoms with Gasteiger partial charge in [-0.1, -0.05) is 20.3 Å². The fourth-order valence-corrected chi connectivity index (χ4v) is 1.71. The molecule has 0 unspecified atom stereocenters. The predicted molar refractivity (Wildman–Crippen MR) is 58.6 cm³/mol. The van der Waals surface area contributed by atoms with E-state index in [2.05, 4.69) is 18.8 Å². The molecule has 1 aromatic rings. The highest BCUT2D eigenvalue weighted by Gasteiger charge is 2.10. The van der Waals surface area contributed by atoms with Crippen LogP contribution in [0.25, 0.3) is 0 Å². The Morgan fingerprint density at radius 1 is 1.36 bits per heavy atom. The quantitative estimate of drug-likeness (QED) is 0.795. The molecule has 0 fully saturated rings. The SMILES string of the molecule is CCC[C@@H](CC)c1ccc(O)c(C)n1. The van der Waals surface area contributed by atoms with Crippen LogP contribution in [0.15, 0.2) is 12.1 Å². The first-order valence-electron chi connectivity index (χ1n) is 5.35. The highest BCUT2D eigenvalue weighted by Crippen LogP contribution is 2.25. The van der Waals surface area contributed by atoms with Crippen LogP contribution in [0, 0.1) is 6.92 Å². The zero-order valence-corrected chi connectivity index (χ0v) is 9.25. The van der Waals surface area contributed by atoms with Gasteiger partial charge in [-0.3, -0.25) is 4.98 Å². The van der Waals surface area contributed by atoms with Gasteiger partial charge in [0.25, 0.3) is 0 Å². The van der Waals surface area contributed by atoms with Crippen LogP contribution < -0.4 is 0 Å². The summed E-state index contributed by atoms with van der Waals surface area (Å²) < 4.78 is 0. The zero-order chi connectivity index (χ0) is 10.6. The third-order valence-electron chi connectivity index (χ3n) is 2.63. The minimum atomic E-state index is 0.292. The normalized spacial score (nSPS) is 12.8. The average molecular weight is 193 g/mol. The molecular weight excluding hydrogens is 174 g/mol. The van der Waals surface area contributed by atoms with Crippen LogP contribution in [0.3, 0.4) is 0 Å². The maximum absolute atomic E-state index is 9.37. The summed E-state index contributed by atoms with van der Waals surface area (Å²) >= 11 is 0. The summed E-state index contributed by atoms with van der Waals surface area (Å²) in [7, 11) is 0. The van der Waals surface area contributed by atoms with E-state index in [1.165, 1.54) is 12.8 Å². The van der Waals surface area contributed by atoms with Crippen LogP contribution in [-0.4, -0.2) is 10.1 Å². The number of hydrogen-bond acceptors (Lipinski definition) is 2. The standard InChI is InChI=1S/C12H19NO/c1-4-6-10(5-2)11-7-8-12(14)9(3)13-11/h7-8,10,14H,4-6H2,1-3H3/t10-/m1/s1. The molecule has 0 amide bonds. The van der Waals surface area contributed by atoms with Crippen LogP contribution in [0.2, 0.25) is 0 Å². The lowest BCUT2D eigenvalue weighted by atomic mass is 9.96. The predicted octanol–water partition coefficient (Wildman–Crippen LogP) is 3.39. The van der Waals surface area contributed by atoms with Gasteiger partial charge >= 0.3 is 0 Å². The molecule has 1 rings (SSSR count). The number of nitrogens with zero attached hydrogens (tertiary/aromatic N) is 1. The monoisotopic (exact) mass is 193 g/mol. The summed E-state index contributed by atoms with van der Waals surface area (Å²) in [6.45, 7) is 6.22. The first kappa shape index (κ1) is 11.0. The van der Waals surface area contributed by atoms with E-state index in [-0.39, 0.29) is 0 Å². The van der Waals surface area contributed by atoms with Crippen molar-refractivity contribution in [3.63, 3.8) is 0 Å². The van der Waals surface area contributed by atoms with Crippen LogP contribution in [-0.2, 0) is 0 Å². The van der Waals surface area contributed by atoms with Crippen molar-refractivity contribution in [2.24, 2.45) is 0 Å². The van der Waals surface area contributed by atoms with Crippen molar-refractivity contribution in [3.8, 4) is 5.75 Å². The molecule has 0 aliphatic heterocycles. The van der Waals surface area contributed by atoms with Gasteiger partial charge in [-0.25, -0.2) is 0 Å². The van der Waals surface area contributed by atoms with E-state index in [1.54, 1.807) is 6.07 Å². The van der Waals surface area contributed by atoms with Gasteiger partial charge < -0.3 is 5.11 Å². The minimum Gasteiger partial charge on any atom is -0.506 e. The van der Waals surface area contributed by atoms with Crippen LogP contribution >= 0.6 is 0 Å². The number of pyridine rings is 1. The van der Waals surface area contributed by atoms with E-state index >= 15 is 0 Å². The van der Waals surface area contributed by atoms with Crippen molar-refractivity contribution in [1.29, 1.82) is 0 Å². The van der Waals surface area contributed by atoms with Crippen LogP contribution in [0.4, 0.5) is 0 Å². The molecule has 14 heavy (non-hydrogen) atoms. The van der Waals surface area contributed by atoms with Crippen molar-refractivity contribution in [1.82, 2.24) is 4.98 Å². The maximum Gasteiger partial charge on any atom is 0.136 e. The molecule has 2 nitrogen and oxygen atoms in total. The molecule has 0 bridgehead atoms. The topological polar surface area (TPSA) is 33.1 Å². The Morgan fingerprint density at radius 2 is 2.07 bits per heavy atom. The molecule has 1 aromatic heterocycles. The highest BCUT2D eigenvalue weighted by atomic mass is 16.3. The molecule has 0 radical (unpaired) electrons. The second-order valence-corrected chi connectivity index (χ2v) is 3.73. The number of aryl methyl sites for hydroxylation is 1. The fraction of sp³-hybridized carbons (Fsp3) is 0.583. The summed E-state index contributed by atoms with van der Waals surface area (Å²) in [4.78, 5) is 4.41. The molecule has 1 atom stereocenters. The Labute approximate surface area is 86.0 Å². The van der Waals surface area contributed by atoms with Crippen molar-refractivity contribution >= 4 is 0 Å². The van der Waals surface area contributed by atoms with Gasteiger partial charge in [0.15, 0.2) is 0 Å². The van der Waals surface area contributed by atoms with Gasteiger partial charge in [-0.05, 0) is 31.9 Å². The minimum absolute atomic E-state index is 0.292. The molecule has 78 valence electrons. The number of aromatic hydroxyl groups is 1. The third-order valence-corrected chi connectivity index (χ3v) is 2.63. The molecule has 0 aliphatic carbocycles. The first-order chi connectivity index (χ1) is 6.69. The Morgan fingerprint density at radius 3 is 2.57 bits per heavy atom. The van der Waals surface area contributed by atoms with E-state index in [0.717, 1.165) is 17.8 Å². The van der Waals surface area contributed by atoms with Crippen molar-refractivity contribution < 1.29 is 5.11 Å². The number of hydrogen-bond donors (Lipinski definition) is 1. The van der Waals surface area contributed by atoms with Gasteiger partial charge in [-0.2, -0.15) is 0 Å². The van der Waals surface area contributed by atoms with Crippen LogP contribution in [0.1, 0.15) is 50.4 Å². The van der Waals surface area contributed by atoms with Crippen LogP contribution in [0.5, 0.6) is 5.75 Å². The number of aromatic nitrogens is 1. The molecule has 0 saturated carbocycles. The molecule has 0 aromatic carbocycles. The average Bonchev–Trinajstić information content (AvgIpc) is 2.19. The summed E-state index contributed by atoms with van der Waals surface area (Å²) in [5.41, 5.74) is 1.85. The largest absolute Gasteiger partial charge is 0.506 e. The lowest BCUT2D eigenvalue weighted by Gasteiger charge is -2.13. The summed E-state index contributed by atoms with van der Waals surface area (Å²) in [6, 6.07) is 3.68. The molecule has 0 aliphatic rings. The molecular formula is C12H19NO. The lowest BCUT2D eigenvalue weighted by molar-refractivity contribution is 0.465. The Bertz CT molecular complexity index is 296. The Balaban J connectivity index is 2.88. The third kappa shape index (κ3) is 2.47. The molecule has 2 heteroatoms. The fourth-order valence-electron chi connectivity index (χ4n) is 1.71. The van der Waals surface area contributed by atoms with E-state index in [0.29, 0.717) is 11.7 Å². The van der Waals surface area contributed by atoms with Gasteiger partial charge in [0, 0.05) is 11.6 Å².